The largest absolute Gasteiger partial charge is 0.466 e. The monoisotopic (exact) mass is 795 g/mol. The molecule has 16 heteroatoms. The van der Waals surface area contributed by atoms with Crippen LogP contribution < -0.4 is 16.0 Å². The summed E-state index contributed by atoms with van der Waals surface area (Å²) in [6.07, 6.45) is -5.08. The number of aliphatic hydroxyl groups is 2. The van der Waals surface area contributed by atoms with Gasteiger partial charge in [0.05, 0.1) is 38.5 Å². The molecule has 0 saturated carbocycles. The van der Waals surface area contributed by atoms with Crippen LogP contribution in [0.25, 0.3) is 11.1 Å². The lowest BCUT2D eigenvalue weighted by Crippen LogP contribution is -2.71. The van der Waals surface area contributed by atoms with Crippen molar-refractivity contribution in [3.63, 3.8) is 0 Å². The summed E-state index contributed by atoms with van der Waals surface area (Å²) in [5.74, 6) is -5.19. The maximum atomic E-state index is 13.5. The number of ether oxygens (including phenoxy) is 5. The summed E-state index contributed by atoms with van der Waals surface area (Å²) in [4.78, 5) is 64.0. The number of hydrogen-bond acceptors (Lipinski definition) is 12. The lowest BCUT2D eigenvalue weighted by molar-refractivity contribution is -0.301. The molecule has 0 aliphatic carbocycles. The van der Waals surface area contributed by atoms with E-state index >= 15 is 0 Å². The Bertz CT molecular complexity index is 1780. The number of unbranched alkanes of at least 4 members (excludes halogenated alkanes) is 2. The van der Waals surface area contributed by atoms with Crippen LogP contribution in [-0.2, 0) is 44.7 Å². The van der Waals surface area contributed by atoms with E-state index in [0.717, 1.165) is 18.2 Å². The van der Waals surface area contributed by atoms with E-state index in [2.05, 4.69) is 16.0 Å². The molecule has 57 heavy (non-hydrogen) atoms. The molecule has 15 nitrogen and oxygen atoms in total. The van der Waals surface area contributed by atoms with Crippen LogP contribution in [0, 0.1) is 5.82 Å². The Morgan fingerprint density at radius 1 is 0.895 bits per heavy atom. The van der Waals surface area contributed by atoms with Crippen LogP contribution in [0.1, 0.15) is 61.9 Å². The minimum atomic E-state index is -2.26. The molecule has 0 aromatic heterocycles. The molecule has 1 heterocycles. The topological polar surface area (TPSA) is 208 Å². The van der Waals surface area contributed by atoms with E-state index in [1.807, 2.05) is 0 Å². The first kappa shape index (κ1) is 44.3. The van der Waals surface area contributed by atoms with Gasteiger partial charge in [-0.1, -0.05) is 61.0 Å². The van der Waals surface area contributed by atoms with Crippen molar-refractivity contribution < 1.29 is 62.3 Å². The molecule has 0 spiro atoms. The predicted octanol–water partition coefficient (Wildman–Crippen LogP) is 3.54. The fourth-order valence-corrected chi connectivity index (χ4v) is 6.30. The zero-order chi connectivity index (χ0) is 41.4. The average molecular weight is 796 g/mol. The summed E-state index contributed by atoms with van der Waals surface area (Å²) in [6.45, 7) is 2.47. The van der Waals surface area contributed by atoms with E-state index in [9.17, 15) is 38.6 Å². The second-order valence-corrected chi connectivity index (χ2v) is 13.4. The number of esters is 2. The van der Waals surface area contributed by atoms with Crippen molar-refractivity contribution in [2.75, 3.05) is 26.9 Å². The highest BCUT2D eigenvalue weighted by molar-refractivity contribution is 5.94. The fourth-order valence-electron chi connectivity index (χ4n) is 6.30. The van der Waals surface area contributed by atoms with Gasteiger partial charge in [-0.3, -0.25) is 14.4 Å². The first-order valence-electron chi connectivity index (χ1n) is 18.7. The third kappa shape index (κ3) is 13.1. The number of carbonyl (C=O) groups is 5. The van der Waals surface area contributed by atoms with Gasteiger partial charge in [0.15, 0.2) is 0 Å². The number of aliphatic hydroxyl groups excluding tert-OH is 2. The highest BCUT2D eigenvalue weighted by Crippen LogP contribution is 2.35. The van der Waals surface area contributed by atoms with Crippen LogP contribution in [0.3, 0.4) is 0 Å². The number of amides is 3. The number of benzene rings is 3. The third-order valence-electron chi connectivity index (χ3n) is 9.18. The van der Waals surface area contributed by atoms with Gasteiger partial charge in [0.2, 0.25) is 5.91 Å². The molecule has 1 fully saturated rings. The summed E-state index contributed by atoms with van der Waals surface area (Å²) in [6, 6.07) is 18.7. The van der Waals surface area contributed by atoms with Gasteiger partial charge in [-0.25, -0.2) is 14.0 Å². The van der Waals surface area contributed by atoms with Gasteiger partial charge in [-0.15, -0.1) is 0 Å². The lowest BCUT2D eigenvalue weighted by atomic mass is 9.86. The van der Waals surface area contributed by atoms with Gasteiger partial charge >= 0.3 is 18.0 Å². The molecule has 6 atom stereocenters. The molecule has 308 valence electrons. The molecule has 1 saturated heterocycles. The van der Waals surface area contributed by atoms with Crippen molar-refractivity contribution in [2.24, 2.45) is 0 Å². The number of methoxy groups -OCH3 is 1. The third-order valence-corrected chi connectivity index (χ3v) is 9.18. The highest BCUT2D eigenvalue weighted by Gasteiger charge is 2.57. The van der Waals surface area contributed by atoms with Gasteiger partial charge in [0, 0.05) is 31.9 Å². The Balaban J connectivity index is 1.53. The minimum Gasteiger partial charge on any atom is -0.466 e. The second-order valence-electron chi connectivity index (χ2n) is 13.4. The van der Waals surface area contributed by atoms with E-state index in [0.29, 0.717) is 24.8 Å². The zero-order valence-corrected chi connectivity index (χ0v) is 32.1. The van der Waals surface area contributed by atoms with Crippen LogP contribution >= 0.6 is 0 Å². The summed E-state index contributed by atoms with van der Waals surface area (Å²) in [5.41, 5.74) is 2.39. The van der Waals surface area contributed by atoms with Crippen molar-refractivity contribution in [3.8, 4) is 11.1 Å². The molecule has 1 aliphatic rings. The van der Waals surface area contributed by atoms with Gasteiger partial charge in [-0.2, -0.15) is 0 Å². The number of halogens is 1. The Morgan fingerprint density at radius 3 is 2.19 bits per heavy atom. The summed E-state index contributed by atoms with van der Waals surface area (Å²) in [5, 5.41) is 30.7. The minimum absolute atomic E-state index is 0.0880. The maximum Gasteiger partial charge on any atom is 0.407 e. The Hall–Kier alpha value is -5.42. The summed E-state index contributed by atoms with van der Waals surface area (Å²) < 4.78 is 41.0. The van der Waals surface area contributed by atoms with E-state index in [1.165, 1.54) is 19.1 Å². The number of hydrogen-bond donors (Lipinski definition) is 5. The van der Waals surface area contributed by atoms with E-state index in [4.69, 9.17) is 23.7 Å². The van der Waals surface area contributed by atoms with E-state index in [-0.39, 0.29) is 43.6 Å². The molecule has 5 N–H and O–H groups in total. The van der Waals surface area contributed by atoms with Crippen LogP contribution in [0.5, 0.6) is 0 Å². The van der Waals surface area contributed by atoms with Gasteiger partial charge in [0.1, 0.15) is 24.6 Å². The zero-order valence-electron chi connectivity index (χ0n) is 32.1. The fraction of sp³-hybridized carbons (Fsp3) is 0.439. The lowest BCUT2D eigenvalue weighted by Gasteiger charge is -2.48. The SMILES string of the molecule is CCOC(=O)CCCCCO[C@]1(C(=O)OC)C[C@H](NC(=O)OCc2ccccc2)[C@@H](NC(C)=O)[C@H]([C@H](O)[C@H](O)CNC(=O)c2ccc(-c3ccc(F)cc3)cc2)O1. The molecule has 0 bridgehead atoms. The van der Waals surface area contributed by atoms with E-state index in [1.54, 1.807) is 73.7 Å². The molecular formula is C41H50FN3O12. The molecular weight excluding hydrogens is 745 g/mol. The van der Waals surface area contributed by atoms with Crippen molar-refractivity contribution >= 4 is 29.8 Å². The first-order valence-corrected chi connectivity index (χ1v) is 18.7. The van der Waals surface area contributed by atoms with Crippen molar-refractivity contribution in [3.05, 3.63) is 95.8 Å². The average Bonchev–Trinajstić information content (AvgIpc) is 3.21. The van der Waals surface area contributed by atoms with Gasteiger partial charge in [-0.05, 0) is 60.7 Å². The smallest absolute Gasteiger partial charge is 0.407 e. The summed E-state index contributed by atoms with van der Waals surface area (Å²) in [7, 11) is 1.09. The predicted molar refractivity (Wildman–Crippen MR) is 203 cm³/mol. The van der Waals surface area contributed by atoms with Crippen molar-refractivity contribution in [1.82, 2.24) is 16.0 Å². The molecule has 3 aromatic rings. The molecule has 4 rings (SSSR count). The van der Waals surface area contributed by atoms with Crippen LogP contribution in [0.4, 0.5) is 9.18 Å². The first-order chi connectivity index (χ1) is 27.3. The van der Waals surface area contributed by atoms with Crippen LogP contribution in [0.15, 0.2) is 78.9 Å². The normalized spacial score (nSPS) is 20.0. The number of carbonyl (C=O) groups excluding carboxylic acids is 5. The number of rotatable bonds is 19. The second kappa shape index (κ2) is 21.8. The Kier molecular flexibility index (Phi) is 16.9. The molecule has 0 unspecified atom stereocenters. The molecule has 3 aromatic carbocycles. The highest BCUT2D eigenvalue weighted by atomic mass is 19.1. The van der Waals surface area contributed by atoms with Gasteiger partial charge < -0.3 is 49.8 Å². The summed E-state index contributed by atoms with van der Waals surface area (Å²) >= 11 is 0. The standard InChI is InChI=1S/C41H50FN3O12/c1-4-54-34(48)13-9-6-10-22-56-41(39(51)53-3)23-32(45-40(52)55-25-27-11-7-5-8-12-27)35(44-26(2)46)37(57-41)36(49)33(47)24-43-38(50)30-16-14-28(15-17-30)29-18-20-31(42)21-19-29/h5,7-8,11-12,14-21,32-33,35-37,47,49H,4,6,9-10,13,22-25H2,1-3H3,(H,43,50)(H,44,46)(H,45,52)/t32-,33+,35+,36+,37+,41+/m0/s1. The van der Waals surface area contributed by atoms with Crippen molar-refractivity contribution in [1.29, 1.82) is 0 Å². The molecule has 0 radical (unpaired) electrons. The Labute approximate surface area is 330 Å². The van der Waals surface area contributed by atoms with Crippen LogP contribution in [-0.4, -0.2) is 103 Å². The number of nitrogens with one attached hydrogen (secondary N) is 3. The van der Waals surface area contributed by atoms with Gasteiger partial charge in [0.25, 0.3) is 11.7 Å². The van der Waals surface area contributed by atoms with Crippen LogP contribution in [0.2, 0.25) is 0 Å². The molecule has 1 aliphatic heterocycles. The van der Waals surface area contributed by atoms with E-state index < -0.39 is 73.0 Å². The quantitative estimate of drug-likeness (QED) is 0.0671. The number of alkyl carbamates (subject to hydrolysis) is 1. The van der Waals surface area contributed by atoms with Crippen molar-refractivity contribution in [2.45, 2.75) is 88.7 Å². The maximum absolute atomic E-state index is 13.5. The molecule has 3 amide bonds. The Morgan fingerprint density at radius 2 is 1.56 bits per heavy atom.